The van der Waals surface area contributed by atoms with E-state index in [1.165, 1.54) is 5.56 Å². The van der Waals surface area contributed by atoms with E-state index < -0.39 is 0 Å². The zero-order valence-electron chi connectivity index (χ0n) is 9.70. The molecular weight excluding hydrogens is 186 g/mol. The molecule has 84 valence electrons. The van der Waals surface area contributed by atoms with E-state index in [4.69, 9.17) is 10.5 Å². The lowest BCUT2D eigenvalue weighted by atomic mass is 10.1. The van der Waals surface area contributed by atoms with Gasteiger partial charge in [-0.3, -0.25) is 0 Å². The van der Waals surface area contributed by atoms with Crippen LogP contribution in [-0.4, -0.2) is 12.6 Å². The third-order valence-electron chi connectivity index (χ3n) is 2.48. The molecule has 2 heteroatoms. The van der Waals surface area contributed by atoms with E-state index in [1.807, 2.05) is 12.1 Å². The van der Waals surface area contributed by atoms with Crippen LogP contribution in [0.25, 0.3) is 0 Å². The highest BCUT2D eigenvalue weighted by Crippen LogP contribution is 2.16. The normalized spacial score (nSPS) is 12.5. The average molecular weight is 207 g/mol. The third-order valence-corrected chi connectivity index (χ3v) is 2.48. The van der Waals surface area contributed by atoms with Gasteiger partial charge in [0.05, 0.1) is 0 Å². The average Bonchev–Trinajstić information content (AvgIpc) is 2.29. The van der Waals surface area contributed by atoms with Gasteiger partial charge < -0.3 is 10.5 Å². The smallest absolute Gasteiger partial charge is 0.120 e. The van der Waals surface area contributed by atoms with Crippen molar-refractivity contribution < 1.29 is 4.74 Å². The summed E-state index contributed by atoms with van der Waals surface area (Å²) in [6.45, 7) is 4.88. The molecule has 0 saturated carbocycles. The molecule has 0 spiro atoms. The van der Waals surface area contributed by atoms with E-state index in [0.717, 1.165) is 25.0 Å². The number of ether oxygens (including phenoxy) is 1. The minimum atomic E-state index is 0.155. The largest absolute Gasteiger partial charge is 0.489 e. The molecule has 2 N–H and O–H groups in total. The van der Waals surface area contributed by atoms with Crippen LogP contribution in [-0.2, 0) is 6.42 Å². The van der Waals surface area contributed by atoms with Crippen molar-refractivity contribution in [3.8, 4) is 5.75 Å². The van der Waals surface area contributed by atoms with Crippen LogP contribution in [0, 0.1) is 0 Å². The van der Waals surface area contributed by atoms with Gasteiger partial charge in [-0.05, 0) is 30.5 Å². The molecule has 0 aliphatic heterocycles. The molecule has 0 radical (unpaired) electrons. The second-order valence-electron chi connectivity index (χ2n) is 3.77. The van der Waals surface area contributed by atoms with Crippen LogP contribution in [0.2, 0.25) is 0 Å². The Morgan fingerprint density at radius 1 is 1.33 bits per heavy atom. The molecule has 1 aromatic carbocycles. The second kappa shape index (κ2) is 6.46. The molecule has 15 heavy (non-hydrogen) atoms. The lowest BCUT2D eigenvalue weighted by Gasteiger charge is -2.17. The third kappa shape index (κ3) is 3.92. The fourth-order valence-electron chi connectivity index (χ4n) is 1.58. The lowest BCUT2D eigenvalue weighted by molar-refractivity contribution is 0.198. The van der Waals surface area contributed by atoms with Crippen molar-refractivity contribution in [2.24, 2.45) is 5.73 Å². The molecule has 1 aromatic rings. The monoisotopic (exact) mass is 207 g/mol. The van der Waals surface area contributed by atoms with Gasteiger partial charge in [0.15, 0.2) is 0 Å². The Hall–Kier alpha value is -1.02. The molecule has 0 aliphatic rings. The summed E-state index contributed by atoms with van der Waals surface area (Å²) in [6, 6.07) is 8.24. The van der Waals surface area contributed by atoms with Crippen molar-refractivity contribution in [1.82, 2.24) is 0 Å². The fourth-order valence-corrected chi connectivity index (χ4v) is 1.58. The van der Waals surface area contributed by atoms with Crippen LogP contribution in [0.5, 0.6) is 5.75 Å². The first kappa shape index (κ1) is 12.1. The summed E-state index contributed by atoms with van der Waals surface area (Å²) in [7, 11) is 0. The van der Waals surface area contributed by atoms with Crippen LogP contribution in [0.15, 0.2) is 24.3 Å². The number of aryl methyl sites for hydroxylation is 1. The highest BCUT2D eigenvalue weighted by Gasteiger charge is 2.06. The fraction of sp³-hybridized carbons (Fsp3) is 0.538. The molecule has 0 saturated heterocycles. The molecule has 0 fully saturated rings. The quantitative estimate of drug-likeness (QED) is 0.778. The van der Waals surface area contributed by atoms with Gasteiger partial charge in [-0.2, -0.15) is 0 Å². The summed E-state index contributed by atoms with van der Waals surface area (Å²) in [6.07, 6.45) is 3.32. The SMILES string of the molecule is CCCC(CN)Oc1cccc(CC)c1. The first-order valence-corrected chi connectivity index (χ1v) is 5.75. The maximum atomic E-state index is 5.82. The molecule has 0 amide bonds. The zero-order chi connectivity index (χ0) is 11.1. The highest BCUT2D eigenvalue weighted by molar-refractivity contribution is 5.28. The minimum absolute atomic E-state index is 0.155. The minimum Gasteiger partial charge on any atom is -0.489 e. The van der Waals surface area contributed by atoms with Crippen molar-refractivity contribution >= 4 is 0 Å². The van der Waals surface area contributed by atoms with Crippen molar-refractivity contribution in [1.29, 1.82) is 0 Å². The predicted molar refractivity (Wildman–Crippen MR) is 64.2 cm³/mol. The van der Waals surface area contributed by atoms with Crippen molar-refractivity contribution in [3.05, 3.63) is 29.8 Å². The number of rotatable bonds is 6. The van der Waals surface area contributed by atoms with Crippen molar-refractivity contribution in [2.75, 3.05) is 6.54 Å². The second-order valence-corrected chi connectivity index (χ2v) is 3.77. The van der Waals surface area contributed by atoms with Crippen LogP contribution in [0.4, 0.5) is 0 Å². The number of nitrogens with two attached hydrogens (primary N) is 1. The number of hydrogen-bond acceptors (Lipinski definition) is 2. The topological polar surface area (TPSA) is 35.2 Å². The van der Waals surface area contributed by atoms with Gasteiger partial charge in [0.1, 0.15) is 11.9 Å². The Morgan fingerprint density at radius 3 is 2.73 bits per heavy atom. The van der Waals surface area contributed by atoms with E-state index in [9.17, 15) is 0 Å². The Bertz CT molecular complexity index is 286. The van der Waals surface area contributed by atoms with Gasteiger partial charge >= 0.3 is 0 Å². The van der Waals surface area contributed by atoms with Gasteiger partial charge in [0.2, 0.25) is 0 Å². The van der Waals surface area contributed by atoms with Gasteiger partial charge in [-0.1, -0.05) is 32.4 Å². The Balaban J connectivity index is 2.61. The summed E-state index contributed by atoms with van der Waals surface area (Å²) in [5, 5.41) is 0. The van der Waals surface area contributed by atoms with E-state index in [0.29, 0.717) is 6.54 Å². The maximum Gasteiger partial charge on any atom is 0.120 e. The number of benzene rings is 1. The van der Waals surface area contributed by atoms with Crippen LogP contribution < -0.4 is 10.5 Å². The van der Waals surface area contributed by atoms with Crippen LogP contribution in [0.3, 0.4) is 0 Å². The molecule has 0 aliphatic carbocycles. The molecule has 0 bridgehead atoms. The predicted octanol–water partition coefficient (Wildman–Crippen LogP) is 2.76. The lowest BCUT2D eigenvalue weighted by Crippen LogP contribution is -2.26. The Kier molecular flexibility index (Phi) is 5.19. The first-order valence-electron chi connectivity index (χ1n) is 5.75. The Labute approximate surface area is 92.4 Å². The van der Waals surface area contributed by atoms with E-state index in [1.54, 1.807) is 0 Å². The standard InChI is InChI=1S/C13H21NO/c1-3-6-13(10-14)15-12-8-5-7-11(4-2)9-12/h5,7-9,13H,3-4,6,10,14H2,1-2H3. The Morgan fingerprint density at radius 2 is 2.13 bits per heavy atom. The summed E-state index contributed by atoms with van der Waals surface area (Å²) in [4.78, 5) is 0. The van der Waals surface area contributed by atoms with Gasteiger partial charge in [-0.15, -0.1) is 0 Å². The zero-order valence-corrected chi connectivity index (χ0v) is 9.70. The molecule has 1 atom stereocenters. The molecule has 2 nitrogen and oxygen atoms in total. The molecule has 0 heterocycles. The van der Waals surface area contributed by atoms with E-state index >= 15 is 0 Å². The van der Waals surface area contributed by atoms with E-state index in [2.05, 4.69) is 26.0 Å². The molecular formula is C13H21NO. The van der Waals surface area contributed by atoms with E-state index in [-0.39, 0.29) is 6.10 Å². The van der Waals surface area contributed by atoms with Crippen LogP contribution in [0.1, 0.15) is 32.3 Å². The van der Waals surface area contributed by atoms with Crippen molar-refractivity contribution in [2.45, 2.75) is 39.2 Å². The van der Waals surface area contributed by atoms with Gasteiger partial charge in [-0.25, -0.2) is 0 Å². The molecule has 1 unspecified atom stereocenters. The van der Waals surface area contributed by atoms with Crippen molar-refractivity contribution in [3.63, 3.8) is 0 Å². The number of hydrogen-bond donors (Lipinski definition) is 1. The summed E-state index contributed by atoms with van der Waals surface area (Å²) >= 11 is 0. The van der Waals surface area contributed by atoms with Gasteiger partial charge in [0, 0.05) is 6.54 Å². The summed E-state index contributed by atoms with van der Waals surface area (Å²) in [5.74, 6) is 0.943. The summed E-state index contributed by atoms with van der Waals surface area (Å²) < 4.78 is 5.82. The summed E-state index contributed by atoms with van der Waals surface area (Å²) in [5.41, 5.74) is 6.96. The molecule has 0 aromatic heterocycles. The molecule has 1 rings (SSSR count). The van der Waals surface area contributed by atoms with Gasteiger partial charge in [0.25, 0.3) is 0 Å². The first-order chi connectivity index (χ1) is 7.30. The maximum absolute atomic E-state index is 5.82. The van der Waals surface area contributed by atoms with Crippen LogP contribution >= 0.6 is 0 Å². The highest BCUT2D eigenvalue weighted by atomic mass is 16.5.